The molecular formula is C18H13BrFNO2. The number of rotatable bonds is 4. The van der Waals surface area contributed by atoms with E-state index < -0.39 is 0 Å². The highest BCUT2D eigenvalue weighted by molar-refractivity contribution is 9.15. The highest BCUT2D eigenvalue weighted by Crippen LogP contribution is 2.28. The zero-order valence-electron chi connectivity index (χ0n) is 12.3. The van der Waals surface area contributed by atoms with Crippen molar-refractivity contribution in [1.29, 1.82) is 0 Å². The lowest BCUT2D eigenvalue weighted by Crippen LogP contribution is -1.83. The predicted octanol–water partition coefficient (Wildman–Crippen LogP) is 5.38. The first-order chi connectivity index (χ1) is 11.2. The Kier molecular flexibility index (Phi) is 4.57. The maximum absolute atomic E-state index is 13.0. The van der Waals surface area contributed by atoms with Crippen LogP contribution in [0.15, 0.2) is 59.1 Å². The normalized spacial score (nSPS) is 11.5. The van der Waals surface area contributed by atoms with Gasteiger partial charge in [0, 0.05) is 5.56 Å². The van der Waals surface area contributed by atoms with E-state index in [-0.39, 0.29) is 5.82 Å². The number of hydrogen-bond acceptors (Lipinski definition) is 3. The van der Waals surface area contributed by atoms with Crippen LogP contribution in [0, 0.1) is 5.82 Å². The Morgan fingerprint density at radius 1 is 1.22 bits per heavy atom. The minimum atomic E-state index is -0.285. The van der Waals surface area contributed by atoms with Gasteiger partial charge in [-0.15, -0.1) is 0 Å². The molecule has 0 saturated carbocycles. The third kappa shape index (κ3) is 3.68. The maximum atomic E-state index is 13.0. The fraction of sp³-hybridized carbons (Fsp3) is 0.0556. The van der Waals surface area contributed by atoms with Crippen molar-refractivity contribution in [2.75, 3.05) is 7.11 Å². The summed E-state index contributed by atoms with van der Waals surface area (Å²) in [6.07, 6.45) is 3.51. The van der Waals surface area contributed by atoms with Gasteiger partial charge >= 0.3 is 0 Å². The molecule has 0 aliphatic heterocycles. The Hall–Kier alpha value is -2.40. The van der Waals surface area contributed by atoms with E-state index >= 15 is 0 Å². The standard InChI is InChI=1S/C18H13BrFNO2/c1-22-15-4-2-3-12(9-15)10-16(19)18-21-11-17(23-18)13-5-7-14(20)8-6-13/h2-11H,1H3/b16-10-. The molecule has 3 aromatic rings. The SMILES string of the molecule is COc1cccc(/C=C(\Br)c2ncc(-c3ccc(F)cc3)o2)c1. The third-order valence-electron chi connectivity index (χ3n) is 3.23. The van der Waals surface area contributed by atoms with Gasteiger partial charge < -0.3 is 9.15 Å². The first-order valence-corrected chi connectivity index (χ1v) is 7.68. The second-order valence-corrected chi connectivity index (χ2v) is 5.66. The van der Waals surface area contributed by atoms with E-state index in [9.17, 15) is 4.39 Å². The Labute approximate surface area is 141 Å². The summed E-state index contributed by atoms with van der Waals surface area (Å²) in [6, 6.07) is 13.7. The second kappa shape index (κ2) is 6.79. The molecule has 0 atom stereocenters. The van der Waals surface area contributed by atoms with Gasteiger partial charge in [0.05, 0.1) is 17.8 Å². The topological polar surface area (TPSA) is 35.3 Å². The van der Waals surface area contributed by atoms with Crippen molar-refractivity contribution in [3.8, 4) is 17.1 Å². The second-order valence-electron chi connectivity index (χ2n) is 4.81. The number of oxazole rings is 1. The van der Waals surface area contributed by atoms with Gasteiger partial charge in [-0.1, -0.05) is 12.1 Å². The van der Waals surface area contributed by atoms with Crippen LogP contribution >= 0.6 is 15.9 Å². The molecule has 1 aromatic heterocycles. The van der Waals surface area contributed by atoms with E-state index in [1.807, 2.05) is 30.3 Å². The molecule has 0 spiro atoms. The quantitative estimate of drug-likeness (QED) is 0.615. The fourth-order valence-corrected chi connectivity index (χ4v) is 2.52. The van der Waals surface area contributed by atoms with Crippen LogP contribution in [0.3, 0.4) is 0 Å². The van der Waals surface area contributed by atoms with E-state index in [0.717, 1.165) is 16.9 Å². The molecule has 3 rings (SSSR count). The Morgan fingerprint density at radius 2 is 2.00 bits per heavy atom. The van der Waals surface area contributed by atoms with Gasteiger partial charge in [0.2, 0.25) is 5.89 Å². The van der Waals surface area contributed by atoms with Crippen LogP contribution in [0.25, 0.3) is 21.9 Å². The molecule has 0 unspecified atom stereocenters. The molecule has 0 bridgehead atoms. The molecule has 116 valence electrons. The van der Waals surface area contributed by atoms with Crippen molar-refractivity contribution in [2.24, 2.45) is 0 Å². The number of methoxy groups -OCH3 is 1. The Balaban J connectivity index is 1.86. The van der Waals surface area contributed by atoms with E-state index in [1.165, 1.54) is 12.1 Å². The molecule has 2 aromatic carbocycles. The molecular weight excluding hydrogens is 361 g/mol. The summed E-state index contributed by atoms with van der Waals surface area (Å²) < 4.78 is 24.6. The Morgan fingerprint density at radius 3 is 2.74 bits per heavy atom. The van der Waals surface area contributed by atoms with Crippen LogP contribution in [0.2, 0.25) is 0 Å². The lowest BCUT2D eigenvalue weighted by atomic mass is 10.2. The first kappa shape index (κ1) is 15.5. The molecule has 0 radical (unpaired) electrons. The van der Waals surface area contributed by atoms with Crippen molar-refractivity contribution in [2.45, 2.75) is 0 Å². The summed E-state index contributed by atoms with van der Waals surface area (Å²) in [5, 5.41) is 0. The van der Waals surface area contributed by atoms with Crippen molar-refractivity contribution >= 4 is 26.5 Å². The molecule has 0 amide bonds. The molecule has 3 nitrogen and oxygen atoms in total. The van der Waals surface area contributed by atoms with Gasteiger partial charge in [-0.05, 0) is 64.0 Å². The number of nitrogens with zero attached hydrogens (tertiary/aromatic N) is 1. The predicted molar refractivity (Wildman–Crippen MR) is 91.7 cm³/mol. The summed E-state index contributed by atoms with van der Waals surface area (Å²) >= 11 is 3.47. The number of aromatic nitrogens is 1. The molecule has 0 aliphatic carbocycles. The summed E-state index contributed by atoms with van der Waals surface area (Å²) in [6.45, 7) is 0. The average molecular weight is 374 g/mol. The first-order valence-electron chi connectivity index (χ1n) is 6.89. The molecule has 5 heteroatoms. The highest BCUT2D eigenvalue weighted by Gasteiger charge is 2.09. The van der Waals surface area contributed by atoms with Crippen LogP contribution in [-0.2, 0) is 0 Å². The van der Waals surface area contributed by atoms with E-state index in [0.29, 0.717) is 16.1 Å². The zero-order valence-corrected chi connectivity index (χ0v) is 13.9. The number of halogens is 2. The lowest BCUT2D eigenvalue weighted by Gasteiger charge is -2.01. The monoisotopic (exact) mass is 373 g/mol. The van der Waals surface area contributed by atoms with E-state index in [4.69, 9.17) is 9.15 Å². The van der Waals surface area contributed by atoms with Crippen LogP contribution in [0.5, 0.6) is 5.75 Å². The van der Waals surface area contributed by atoms with Crippen LogP contribution in [-0.4, -0.2) is 12.1 Å². The summed E-state index contributed by atoms with van der Waals surface area (Å²) in [4.78, 5) is 4.25. The van der Waals surface area contributed by atoms with Crippen molar-refractivity contribution in [1.82, 2.24) is 4.98 Å². The van der Waals surface area contributed by atoms with Gasteiger partial charge in [-0.2, -0.15) is 0 Å². The average Bonchev–Trinajstić information content (AvgIpc) is 3.06. The summed E-state index contributed by atoms with van der Waals surface area (Å²) in [5.74, 6) is 1.52. The van der Waals surface area contributed by atoms with Crippen molar-refractivity contribution in [3.63, 3.8) is 0 Å². The molecule has 0 N–H and O–H groups in total. The minimum Gasteiger partial charge on any atom is -0.497 e. The van der Waals surface area contributed by atoms with E-state index in [1.54, 1.807) is 25.4 Å². The lowest BCUT2D eigenvalue weighted by molar-refractivity contribution is 0.414. The van der Waals surface area contributed by atoms with E-state index in [2.05, 4.69) is 20.9 Å². The Bertz CT molecular complexity index is 840. The minimum absolute atomic E-state index is 0.285. The van der Waals surface area contributed by atoms with Crippen LogP contribution in [0.1, 0.15) is 11.5 Å². The molecule has 0 fully saturated rings. The van der Waals surface area contributed by atoms with Gasteiger partial charge in [0.1, 0.15) is 11.6 Å². The molecule has 1 heterocycles. The van der Waals surface area contributed by atoms with Gasteiger partial charge in [0.15, 0.2) is 5.76 Å². The van der Waals surface area contributed by atoms with Crippen molar-refractivity contribution < 1.29 is 13.5 Å². The van der Waals surface area contributed by atoms with Crippen molar-refractivity contribution in [3.05, 3.63) is 72.0 Å². The van der Waals surface area contributed by atoms with Crippen LogP contribution < -0.4 is 4.74 Å². The molecule has 0 aliphatic rings. The third-order valence-corrected chi connectivity index (χ3v) is 3.79. The molecule has 0 saturated heterocycles. The fourth-order valence-electron chi connectivity index (χ4n) is 2.07. The molecule has 23 heavy (non-hydrogen) atoms. The summed E-state index contributed by atoms with van der Waals surface area (Å²) in [7, 11) is 1.63. The van der Waals surface area contributed by atoms with Gasteiger partial charge in [-0.3, -0.25) is 0 Å². The smallest absolute Gasteiger partial charge is 0.233 e. The van der Waals surface area contributed by atoms with Gasteiger partial charge in [0.25, 0.3) is 0 Å². The van der Waals surface area contributed by atoms with Crippen LogP contribution in [0.4, 0.5) is 4.39 Å². The number of benzene rings is 2. The largest absolute Gasteiger partial charge is 0.497 e. The highest BCUT2D eigenvalue weighted by atomic mass is 79.9. The maximum Gasteiger partial charge on any atom is 0.233 e. The zero-order chi connectivity index (χ0) is 16.2. The summed E-state index contributed by atoms with van der Waals surface area (Å²) in [5.41, 5.74) is 1.73. The van der Waals surface area contributed by atoms with Gasteiger partial charge in [-0.25, -0.2) is 9.37 Å². The number of hydrogen-bond donors (Lipinski definition) is 0. The number of ether oxygens (including phenoxy) is 1.